The maximum Gasteiger partial charge on any atom is 0.270 e. The van der Waals surface area contributed by atoms with Crippen molar-refractivity contribution < 1.29 is 4.92 Å². The van der Waals surface area contributed by atoms with Crippen molar-refractivity contribution in [3.63, 3.8) is 0 Å². The number of hydrogen-bond acceptors (Lipinski definition) is 4. The second-order valence-electron chi connectivity index (χ2n) is 4.11. The summed E-state index contributed by atoms with van der Waals surface area (Å²) in [6.45, 7) is 2.92. The molecule has 1 atom stereocenters. The summed E-state index contributed by atoms with van der Waals surface area (Å²) in [6, 6.07) is 5.25. The molecule has 1 aromatic carbocycles. The van der Waals surface area contributed by atoms with Crippen molar-refractivity contribution in [3.05, 3.63) is 31.9 Å². The molecule has 1 N–H and O–H groups in total. The van der Waals surface area contributed by atoms with E-state index in [2.05, 4.69) is 39.7 Å². The second kappa shape index (κ2) is 6.15. The van der Waals surface area contributed by atoms with Crippen molar-refractivity contribution in [1.82, 2.24) is 4.90 Å². The number of non-ortho nitro benzene ring substituents is 1. The van der Waals surface area contributed by atoms with E-state index in [1.807, 2.05) is 14.1 Å². The largest absolute Gasteiger partial charge is 0.383 e. The summed E-state index contributed by atoms with van der Waals surface area (Å²) in [5.41, 5.74) is 1.06. The lowest BCUT2D eigenvalue weighted by Gasteiger charge is -2.21. The number of likely N-dealkylation sites (N-methyl/N-ethyl adjacent to an activating group) is 1. The molecule has 0 radical (unpaired) electrons. The Hall–Kier alpha value is -0.890. The predicted octanol–water partition coefficient (Wildman–Crippen LogP) is 2.56. The molecule has 0 aliphatic heterocycles. The minimum atomic E-state index is -0.381. The summed E-state index contributed by atoms with van der Waals surface area (Å²) in [6.07, 6.45) is 0. The van der Waals surface area contributed by atoms with E-state index in [-0.39, 0.29) is 10.6 Å². The SMILES string of the molecule is CC(CNc1ccc([N+](=O)[O-])cc1I)N(C)C. The highest BCUT2D eigenvalue weighted by Crippen LogP contribution is 2.23. The van der Waals surface area contributed by atoms with Crippen LogP contribution in [0.1, 0.15) is 6.92 Å². The van der Waals surface area contributed by atoms with Crippen LogP contribution in [0.4, 0.5) is 11.4 Å². The van der Waals surface area contributed by atoms with Crippen LogP contribution in [0.2, 0.25) is 0 Å². The number of nitro groups is 1. The van der Waals surface area contributed by atoms with Crippen LogP contribution in [0.15, 0.2) is 18.2 Å². The van der Waals surface area contributed by atoms with Crippen LogP contribution >= 0.6 is 22.6 Å². The molecule has 0 aliphatic rings. The highest BCUT2D eigenvalue weighted by Gasteiger charge is 2.10. The van der Waals surface area contributed by atoms with Gasteiger partial charge in [-0.2, -0.15) is 0 Å². The van der Waals surface area contributed by atoms with E-state index >= 15 is 0 Å². The first-order chi connectivity index (χ1) is 7.91. The number of nitrogens with zero attached hydrogens (tertiary/aromatic N) is 2. The molecule has 1 unspecified atom stereocenters. The van der Waals surface area contributed by atoms with Gasteiger partial charge in [-0.1, -0.05) is 0 Å². The van der Waals surface area contributed by atoms with Crippen LogP contribution in [0.5, 0.6) is 0 Å². The van der Waals surface area contributed by atoms with Gasteiger partial charge in [0.15, 0.2) is 0 Å². The van der Waals surface area contributed by atoms with Gasteiger partial charge in [-0.25, -0.2) is 0 Å². The van der Waals surface area contributed by atoms with Crippen LogP contribution in [0, 0.1) is 13.7 Å². The van der Waals surface area contributed by atoms with E-state index in [4.69, 9.17) is 0 Å². The molecule has 5 nitrogen and oxygen atoms in total. The maximum atomic E-state index is 10.6. The lowest BCUT2D eigenvalue weighted by atomic mass is 10.2. The van der Waals surface area contributed by atoms with E-state index in [9.17, 15) is 10.1 Å². The van der Waals surface area contributed by atoms with Crippen molar-refractivity contribution >= 4 is 34.0 Å². The molecule has 0 fully saturated rings. The van der Waals surface area contributed by atoms with Gasteiger partial charge in [0, 0.05) is 34.0 Å². The molecular formula is C11H16IN3O2. The fourth-order valence-electron chi connectivity index (χ4n) is 1.20. The molecule has 94 valence electrons. The highest BCUT2D eigenvalue weighted by atomic mass is 127. The van der Waals surface area contributed by atoms with Crippen LogP contribution < -0.4 is 5.32 Å². The first-order valence-corrected chi connectivity index (χ1v) is 6.34. The quantitative estimate of drug-likeness (QED) is 0.504. The summed E-state index contributed by atoms with van der Waals surface area (Å²) in [5.74, 6) is 0. The average Bonchev–Trinajstić information content (AvgIpc) is 2.26. The molecule has 0 bridgehead atoms. The molecular weight excluding hydrogens is 333 g/mol. The molecule has 1 aromatic rings. The first-order valence-electron chi connectivity index (χ1n) is 5.26. The zero-order chi connectivity index (χ0) is 13.0. The van der Waals surface area contributed by atoms with Crippen molar-refractivity contribution in [1.29, 1.82) is 0 Å². The van der Waals surface area contributed by atoms with E-state index in [0.29, 0.717) is 6.04 Å². The standard InChI is InChI=1S/C11H16IN3O2/c1-8(14(2)3)7-13-11-5-4-9(15(16)17)6-10(11)12/h4-6,8,13H,7H2,1-3H3. The Bertz CT molecular complexity index is 410. The normalized spacial score (nSPS) is 12.5. The molecule has 0 aromatic heterocycles. The number of nitro benzene ring substituents is 1. The molecule has 0 heterocycles. The zero-order valence-electron chi connectivity index (χ0n) is 10.1. The maximum absolute atomic E-state index is 10.6. The Morgan fingerprint density at radius 2 is 2.18 bits per heavy atom. The molecule has 0 saturated carbocycles. The summed E-state index contributed by atoms with van der Waals surface area (Å²) >= 11 is 2.10. The average molecular weight is 349 g/mol. The number of nitrogens with one attached hydrogen (secondary N) is 1. The third-order valence-corrected chi connectivity index (χ3v) is 3.53. The molecule has 0 amide bonds. The number of rotatable bonds is 5. The molecule has 0 spiro atoms. The summed E-state index contributed by atoms with van der Waals surface area (Å²) < 4.78 is 0.864. The van der Waals surface area contributed by atoms with Crippen LogP contribution in [-0.4, -0.2) is 36.5 Å². The Kier molecular flexibility index (Phi) is 5.13. The molecule has 0 saturated heterocycles. The molecule has 6 heteroatoms. The van der Waals surface area contributed by atoms with Gasteiger partial charge in [-0.3, -0.25) is 10.1 Å². The van der Waals surface area contributed by atoms with Crippen molar-refractivity contribution in [2.45, 2.75) is 13.0 Å². The number of benzene rings is 1. The van der Waals surface area contributed by atoms with Gasteiger partial charge in [0.25, 0.3) is 5.69 Å². The van der Waals surface area contributed by atoms with Gasteiger partial charge in [0.1, 0.15) is 0 Å². The van der Waals surface area contributed by atoms with Gasteiger partial charge < -0.3 is 10.2 Å². The lowest BCUT2D eigenvalue weighted by molar-refractivity contribution is -0.384. The number of hydrogen-bond donors (Lipinski definition) is 1. The van der Waals surface area contributed by atoms with Gasteiger partial charge in [0.2, 0.25) is 0 Å². The predicted molar refractivity (Wildman–Crippen MR) is 77.5 cm³/mol. The van der Waals surface area contributed by atoms with Gasteiger partial charge in [-0.15, -0.1) is 0 Å². The highest BCUT2D eigenvalue weighted by molar-refractivity contribution is 14.1. The Balaban J connectivity index is 2.70. The van der Waals surface area contributed by atoms with Crippen LogP contribution in [0.3, 0.4) is 0 Å². The number of halogens is 1. The lowest BCUT2D eigenvalue weighted by Crippen LogP contribution is -2.31. The molecule has 0 aliphatic carbocycles. The van der Waals surface area contributed by atoms with Gasteiger partial charge in [-0.05, 0) is 49.7 Å². The zero-order valence-corrected chi connectivity index (χ0v) is 12.3. The molecule has 1 rings (SSSR count). The van der Waals surface area contributed by atoms with Gasteiger partial charge in [0.05, 0.1) is 4.92 Å². The van der Waals surface area contributed by atoms with Crippen LogP contribution in [-0.2, 0) is 0 Å². The first kappa shape index (κ1) is 14.2. The third kappa shape index (κ3) is 4.12. The fraction of sp³-hybridized carbons (Fsp3) is 0.455. The Labute approximate surface area is 114 Å². The monoisotopic (exact) mass is 349 g/mol. The molecule has 17 heavy (non-hydrogen) atoms. The van der Waals surface area contributed by atoms with Crippen LogP contribution in [0.25, 0.3) is 0 Å². The smallest absolute Gasteiger partial charge is 0.270 e. The third-order valence-electron chi connectivity index (χ3n) is 2.63. The number of anilines is 1. The summed E-state index contributed by atoms with van der Waals surface area (Å²) in [5, 5.41) is 13.9. The summed E-state index contributed by atoms with van der Waals surface area (Å²) in [4.78, 5) is 12.3. The van der Waals surface area contributed by atoms with Gasteiger partial charge >= 0.3 is 0 Å². The Morgan fingerprint density at radius 1 is 1.53 bits per heavy atom. The Morgan fingerprint density at radius 3 is 2.65 bits per heavy atom. The van der Waals surface area contributed by atoms with E-state index in [0.717, 1.165) is 15.8 Å². The fourth-order valence-corrected chi connectivity index (χ4v) is 1.89. The topological polar surface area (TPSA) is 58.4 Å². The van der Waals surface area contributed by atoms with E-state index in [1.165, 1.54) is 6.07 Å². The van der Waals surface area contributed by atoms with E-state index < -0.39 is 0 Å². The van der Waals surface area contributed by atoms with Crippen molar-refractivity contribution in [3.8, 4) is 0 Å². The second-order valence-corrected chi connectivity index (χ2v) is 5.28. The van der Waals surface area contributed by atoms with Crippen molar-refractivity contribution in [2.24, 2.45) is 0 Å². The van der Waals surface area contributed by atoms with E-state index in [1.54, 1.807) is 12.1 Å². The summed E-state index contributed by atoms with van der Waals surface area (Å²) in [7, 11) is 4.04. The van der Waals surface area contributed by atoms with Crippen molar-refractivity contribution in [2.75, 3.05) is 26.0 Å². The minimum absolute atomic E-state index is 0.126. The minimum Gasteiger partial charge on any atom is -0.383 e.